The highest BCUT2D eigenvalue weighted by atomic mass is 35.5. The summed E-state index contributed by atoms with van der Waals surface area (Å²) in [6.45, 7) is -0.830. The lowest BCUT2D eigenvalue weighted by molar-refractivity contribution is -0.137. The van der Waals surface area contributed by atoms with Gasteiger partial charge in [0.05, 0.1) is 17.8 Å². The number of anilines is 1. The first-order chi connectivity index (χ1) is 12.3. The van der Waals surface area contributed by atoms with Crippen molar-refractivity contribution >= 4 is 29.1 Å². The molecule has 0 radical (unpaired) electrons. The number of para-hydroxylation sites is 1. The van der Waals surface area contributed by atoms with E-state index in [1.807, 2.05) is 0 Å². The Hall–Kier alpha value is -2.74. The van der Waals surface area contributed by atoms with Crippen LogP contribution in [-0.4, -0.2) is 25.0 Å². The van der Waals surface area contributed by atoms with Crippen LogP contribution in [0.25, 0.3) is 0 Å². The first-order valence-corrected chi connectivity index (χ1v) is 7.74. The molecule has 0 aliphatic carbocycles. The van der Waals surface area contributed by atoms with Crippen LogP contribution in [0.15, 0.2) is 48.5 Å². The van der Waals surface area contributed by atoms with Crippen LogP contribution in [0.2, 0.25) is 5.02 Å². The van der Waals surface area contributed by atoms with E-state index in [9.17, 15) is 22.8 Å². The van der Waals surface area contributed by atoms with Crippen LogP contribution in [0.4, 0.5) is 18.9 Å². The average Bonchev–Trinajstić information content (AvgIpc) is 2.59. The van der Waals surface area contributed by atoms with E-state index >= 15 is 0 Å². The number of benzene rings is 2. The maximum atomic E-state index is 13.0. The summed E-state index contributed by atoms with van der Waals surface area (Å²) in [5, 5.41) is 4.25. The Bertz CT molecular complexity index is 783. The minimum atomic E-state index is -4.68. The number of nitrogens with one attached hydrogen (secondary N) is 2. The number of alkyl halides is 3. The van der Waals surface area contributed by atoms with Crippen LogP contribution in [-0.2, 0) is 15.8 Å². The molecule has 0 fully saturated rings. The fourth-order valence-electron chi connectivity index (χ4n) is 1.95. The summed E-state index contributed by atoms with van der Waals surface area (Å²) in [6, 6.07) is 11.5. The second-order valence-electron chi connectivity index (χ2n) is 5.11. The molecule has 0 saturated heterocycles. The van der Waals surface area contributed by atoms with Gasteiger partial charge in [-0.3, -0.25) is 9.59 Å². The summed E-state index contributed by atoms with van der Waals surface area (Å²) >= 11 is 5.56. The Morgan fingerprint density at radius 2 is 1.73 bits per heavy atom. The van der Waals surface area contributed by atoms with Gasteiger partial charge in [-0.2, -0.15) is 13.2 Å². The van der Waals surface area contributed by atoms with Crippen LogP contribution in [0.5, 0.6) is 5.75 Å². The van der Waals surface area contributed by atoms with Crippen molar-refractivity contribution in [2.75, 3.05) is 18.5 Å². The van der Waals surface area contributed by atoms with Gasteiger partial charge in [0.15, 0.2) is 6.61 Å². The lowest BCUT2D eigenvalue weighted by atomic mass is 10.1. The fourth-order valence-corrected chi connectivity index (χ4v) is 2.12. The number of hydrogen-bond acceptors (Lipinski definition) is 3. The number of hydrogen-bond donors (Lipinski definition) is 2. The van der Waals surface area contributed by atoms with E-state index in [2.05, 4.69) is 10.6 Å². The molecule has 0 aromatic heterocycles. The highest BCUT2D eigenvalue weighted by molar-refractivity contribution is 6.30. The Labute approximate surface area is 152 Å². The highest BCUT2D eigenvalue weighted by Gasteiger charge is 2.34. The van der Waals surface area contributed by atoms with Crippen LogP contribution >= 0.6 is 11.6 Å². The third-order valence-corrected chi connectivity index (χ3v) is 3.36. The molecule has 0 aliphatic heterocycles. The van der Waals surface area contributed by atoms with Gasteiger partial charge < -0.3 is 15.4 Å². The fraction of sp³-hybridized carbons (Fsp3) is 0.176. The van der Waals surface area contributed by atoms with Gasteiger partial charge in [0.25, 0.3) is 5.91 Å². The SMILES string of the molecule is O=C(COc1ccccc1)NCC(=O)Nc1ccc(Cl)cc1C(F)(F)F. The van der Waals surface area contributed by atoms with Gasteiger partial charge in [-0.25, -0.2) is 0 Å². The molecule has 26 heavy (non-hydrogen) atoms. The van der Waals surface area contributed by atoms with Crippen molar-refractivity contribution in [3.8, 4) is 5.75 Å². The van der Waals surface area contributed by atoms with E-state index in [0.29, 0.717) is 11.8 Å². The van der Waals surface area contributed by atoms with Gasteiger partial charge in [-0.1, -0.05) is 29.8 Å². The zero-order chi connectivity index (χ0) is 19.2. The molecular formula is C17H14ClF3N2O3. The van der Waals surface area contributed by atoms with E-state index in [0.717, 1.165) is 6.07 Å². The third kappa shape index (κ3) is 5.96. The molecule has 5 nitrogen and oxygen atoms in total. The molecule has 0 spiro atoms. The van der Waals surface area contributed by atoms with E-state index in [1.165, 1.54) is 6.07 Å². The van der Waals surface area contributed by atoms with Crippen LogP contribution in [0.3, 0.4) is 0 Å². The van der Waals surface area contributed by atoms with E-state index in [-0.39, 0.29) is 11.6 Å². The molecule has 2 aromatic carbocycles. The number of ether oxygens (including phenoxy) is 1. The average molecular weight is 387 g/mol. The first kappa shape index (κ1) is 19.6. The minimum Gasteiger partial charge on any atom is -0.484 e. The van der Waals surface area contributed by atoms with Gasteiger partial charge in [-0.05, 0) is 30.3 Å². The topological polar surface area (TPSA) is 67.4 Å². The van der Waals surface area contributed by atoms with Crippen LogP contribution in [0.1, 0.15) is 5.56 Å². The minimum absolute atomic E-state index is 0.110. The molecule has 9 heteroatoms. The molecule has 2 amide bonds. The number of carbonyl (C=O) groups excluding carboxylic acids is 2. The highest BCUT2D eigenvalue weighted by Crippen LogP contribution is 2.36. The second-order valence-corrected chi connectivity index (χ2v) is 5.55. The zero-order valence-corrected chi connectivity index (χ0v) is 14.0. The Balaban J connectivity index is 1.86. The molecule has 0 saturated carbocycles. The van der Waals surface area contributed by atoms with E-state index < -0.39 is 35.8 Å². The largest absolute Gasteiger partial charge is 0.484 e. The smallest absolute Gasteiger partial charge is 0.418 e. The molecule has 0 atom stereocenters. The van der Waals surface area contributed by atoms with Gasteiger partial charge in [0.2, 0.25) is 5.91 Å². The Morgan fingerprint density at radius 1 is 1.04 bits per heavy atom. The molecule has 0 unspecified atom stereocenters. The van der Waals surface area contributed by atoms with Crippen molar-refractivity contribution < 1.29 is 27.5 Å². The lowest BCUT2D eigenvalue weighted by Gasteiger charge is -2.14. The van der Waals surface area contributed by atoms with Gasteiger partial charge >= 0.3 is 6.18 Å². The van der Waals surface area contributed by atoms with Crippen LogP contribution < -0.4 is 15.4 Å². The predicted octanol–water partition coefficient (Wildman–Crippen LogP) is 3.49. The number of carbonyl (C=O) groups is 2. The summed E-state index contributed by atoms with van der Waals surface area (Å²) in [5.74, 6) is -0.926. The molecule has 138 valence electrons. The van der Waals surface area contributed by atoms with Gasteiger partial charge in [-0.15, -0.1) is 0 Å². The second kappa shape index (κ2) is 8.57. The Morgan fingerprint density at radius 3 is 2.38 bits per heavy atom. The van der Waals surface area contributed by atoms with Crippen molar-refractivity contribution in [2.45, 2.75) is 6.18 Å². The van der Waals surface area contributed by atoms with Crippen molar-refractivity contribution in [1.29, 1.82) is 0 Å². The van der Waals surface area contributed by atoms with E-state index in [1.54, 1.807) is 30.3 Å². The maximum absolute atomic E-state index is 13.0. The predicted molar refractivity (Wildman–Crippen MR) is 90.0 cm³/mol. The molecule has 2 rings (SSSR count). The summed E-state index contributed by atoms with van der Waals surface area (Å²) in [4.78, 5) is 23.4. The molecule has 0 aliphatic rings. The summed E-state index contributed by atoms with van der Waals surface area (Å²) < 4.78 is 44.1. The summed E-state index contributed by atoms with van der Waals surface area (Å²) in [6.07, 6.45) is -4.68. The molecule has 2 aromatic rings. The van der Waals surface area contributed by atoms with Gasteiger partial charge in [0, 0.05) is 5.02 Å². The lowest BCUT2D eigenvalue weighted by Crippen LogP contribution is -2.36. The maximum Gasteiger partial charge on any atom is 0.418 e. The normalized spacial score (nSPS) is 10.9. The van der Waals surface area contributed by atoms with Crippen LogP contribution in [0, 0.1) is 0 Å². The molecule has 0 heterocycles. The summed E-state index contributed by atoms with van der Waals surface area (Å²) in [7, 11) is 0. The monoisotopic (exact) mass is 386 g/mol. The Kier molecular flexibility index (Phi) is 6.46. The molecule has 0 bridgehead atoms. The number of rotatable bonds is 6. The quantitative estimate of drug-likeness (QED) is 0.798. The number of halogens is 4. The summed E-state index contributed by atoms with van der Waals surface area (Å²) in [5.41, 5.74) is -1.52. The van der Waals surface area contributed by atoms with Crippen molar-refractivity contribution in [3.05, 3.63) is 59.1 Å². The van der Waals surface area contributed by atoms with Crippen molar-refractivity contribution in [3.63, 3.8) is 0 Å². The van der Waals surface area contributed by atoms with Gasteiger partial charge in [0.1, 0.15) is 5.75 Å². The van der Waals surface area contributed by atoms with Crippen molar-refractivity contribution in [2.24, 2.45) is 0 Å². The third-order valence-electron chi connectivity index (χ3n) is 3.12. The van der Waals surface area contributed by atoms with E-state index in [4.69, 9.17) is 16.3 Å². The van der Waals surface area contributed by atoms with Crippen molar-refractivity contribution in [1.82, 2.24) is 5.32 Å². The molecule has 2 N–H and O–H groups in total. The number of amides is 2. The molecular weight excluding hydrogens is 373 g/mol. The zero-order valence-electron chi connectivity index (χ0n) is 13.3. The standard InChI is InChI=1S/C17H14ClF3N2O3/c18-11-6-7-14(13(8-11)17(19,20)21)23-15(24)9-22-16(25)10-26-12-4-2-1-3-5-12/h1-8H,9-10H2,(H,22,25)(H,23,24). The first-order valence-electron chi connectivity index (χ1n) is 7.37.